The zero-order valence-corrected chi connectivity index (χ0v) is 9.71. The van der Waals surface area contributed by atoms with Crippen LogP contribution in [0.25, 0.3) is 0 Å². The minimum absolute atomic E-state index is 0.0138. The molecular weight excluding hydrogens is 186 g/mol. The van der Waals surface area contributed by atoms with Gasteiger partial charge in [0.05, 0.1) is 0 Å². The Morgan fingerprint density at radius 1 is 1.20 bits per heavy atom. The number of hydrogen-bond acceptors (Lipinski definition) is 1. The summed E-state index contributed by atoms with van der Waals surface area (Å²) in [4.78, 5) is 11.6. The first-order valence-corrected chi connectivity index (χ1v) is 5.32. The Kier molecular flexibility index (Phi) is 3.89. The number of nitrogens with one attached hydrogen (secondary N) is 1. The Balaban J connectivity index is 2.38. The van der Waals surface area contributed by atoms with Gasteiger partial charge in [0.15, 0.2) is 0 Å². The van der Waals surface area contributed by atoms with Gasteiger partial charge in [0, 0.05) is 12.1 Å². The lowest BCUT2D eigenvalue weighted by atomic mass is 9.92. The summed E-state index contributed by atoms with van der Waals surface area (Å²) < 4.78 is 0. The highest BCUT2D eigenvalue weighted by Gasteiger charge is 2.10. The molecule has 0 heterocycles. The topological polar surface area (TPSA) is 29.1 Å². The molecule has 0 saturated carbocycles. The summed E-state index contributed by atoms with van der Waals surface area (Å²) in [7, 11) is 0. The van der Waals surface area contributed by atoms with Crippen LogP contribution < -0.4 is 5.32 Å². The highest BCUT2D eigenvalue weighted by atomic mass is 16.1. The first kappa shape index (κ1) is 11.8. The molecule has 1 amide bonds. The van der Waals surface area contributed by atoms with E-state index in [1.807, 2.05) is 30.3 Å². The van der Waals surface area contributed by atoms with Gasteiger partial charge in [-0.3, -0.25) is 4.79 Å². The van der Waals surface area contributed by atoms with Crippen molar-refractivity contribution in [2.24, 2.45) is 5.41 Å². The molecule has 0 bridgehead atoms. The fourth-order valence-electron chi connectivity index (χ4n) is 1.24. The second-order valence-electron chi connectivity index (χ2n) is 4.93. The molecule has 0 fully saturated rings. The second-order valence-corrected chi connectivity index (χ2v) is 4.93. The second kappa shape index (κ2) is 4.96. The van der Waals surface area contributed by atoms with Gasteiger partial charge in [-0.2, -0.15) is 0 Å². The number of hydrogen-bond donors (Lipinski definition) is 1. The number of carbonyl (C=O) groups excluding carboxylic acids is 1. The van der Waals surface area contributed by atoms with Crippen molar-refractivity contribution < 1.29 is 4.79 Å². The molecule has 0 aliphatic heterocycles. The number of amides is 1. The van der Waals surface area contributed by atoms with Gasteiger partial charge in [0.1, 0.15) is 0 Å². The van der Waals surface area contributed by atoms with E-state index in [9.17, 15) is 4.79 Å². The van der Waals surface area contributed by atoms with Crippen LogP contribution in [0.2, 0.25) is 0 Å². The van der Waals surface area contributed by atoms with Crippen molar-refractivity contribution in [1.29, 1.82) is 0 Å². The van der Waals surface area contributed by atoms with Gasteiger partial charge < -0.3 is 5.32 Å². The largest absolute Gasteiger partial charge is 0.352 e. The number of benzene rings is 1. The van der Waals surface area contributed by atoms with Gasteiger partial charge in [-0.15, -0.1) is 0 Å². The van der Waals surface area contributed by atoms with Crippen LogP contribution >= 0.6 is 0 Å². The van der Waals surface area contributed by atoms with Crippen LogP contribution in [0.5, 0.6) is 0 Å². The van der Waals surface area contributed by atoms with E-state index in [-0.39, 0.29) is 11.3 Å². The predicted molar refractivity (Wildman–Crippen MR) is 62.8 cm³/mol. The minimum atomic E-state index is 0.0138. The fourth-order valence-corrected chi connectivity index (χ4v) is 1.24. The Morgan fingerprint density at radius 3 is 2.33 bits per heavy atom. The monoisotopic (exact) mass is 205 g/mol. The summed E-state index contributed by atoms with van der Waals surface area (Å²) in [6, 6.07) is 9.31. The molecule has 0 aliphatic rings. The Bertz CT molecular complexity index is 311. The molecular formula is C13H19NO. The maximum atomic E-state index is 11.6. The molecule has 0 saturated heterocycles. The summed E-state index contributed by atoms with van der Waals surface area (Å²) >= 11 is 0. The molecule has 1 N–H and O–H groups in total. The van der Waals surface area contributed by atoms with Crippen molar-refractivity contribution in [1.82, 2.24) is 5.32 Å². The Labute approximate surface area is 91.7 Å². The summed E-state index contributed by atoms with van der Waals surface area (Å²) in [5.74, 6) is 0.0138. The fraction of sp³-hybridized carbons (Fsp3) is 0.462. The van der Waals surface area contributed by atoms with E-state index in [0.29, 0.717) is 0 Å². The van der Waals surface area contributed by atoms with Crippen molar-refractivity contribution in [3.63, 3.8) is 0 Å². The molecule has 0 radical (unpaired) electrons. The maximum absolute atomic E-state index is 11.6. The molecule has 1 rings (SSSR count). The SMILES string of the molecule is CC(C)(C)CCNC(=O)c1ccccc1. The van der Waals surface area contributed by atoms with E-state index in [1.165, 1.54) is 0 Å². The van der Waals surface area contributed by atoms with E-state index in [0.717, 1.165) is 18.5 Å². The quantitative estimate of drug-likeness (QED) is 0.807. The summed E-state index contributed by atoms with van der Waals surface area (Å²) in [5, 5.41) is 2.92. The van der Waals surface area contributed by atoms with Gasteiger partial charge in [0.25, 0.3) is 5.91 Å². The van der Waals surface area contributed by atoms with Gasteiger partial charge in [-0.05, 0) is 24.0 Å². The average Bonchev–Trinajstić information content (AvgIpc) is 2.17. The van der Waals surface area contributed by atoms with E-state index in [2.05, 4.69) is 26.1 Å². The molecule has 2 nitrogen and oxygen atoms in total. The van der Waals surface area contributed by atoms with E-state index < -0.39 is 0 Å². The summed E-state index contributed by atoms with van der Waals surface area (Å²) in [6.45, 7) is 7.24. The first-order valence-electron chi connectivity index (χ1n) is 5.32. The normalized spacial score (nSPS) is 11.1. The smallest absolute Gasteiger partial charge is 0.251 e. The van der Waals surface area contributed by atoms with Gasteiger partial charge >= 0.3 is 0 Å². The van der Waals surface area contributed by atoms with E-state index in [1.54, 1.807) is 0 Å². The van der Waals surface area contributed by atoms with Crippen LogP contribution in [-0.2, 0) is 0 Å². The van der Waals surface area contributed by atoms with E-state index in [4.69, 9.17) is 0 Å². The Morgan fingerprint density at radius 2 is 1.80 bits per heavy atom. The summed E-state index contributed by atoms with van der Waals surface area (Å²) in [5.41, 5.74) is 0.996. The number of carbonyl (C=O) groups is 1. The highest BCUT2D eigenvalue weighted by Crippen LogP contribution is 2.16. The van der Waals surface area contributed by atoms with E-state index >= 15 is 0 Å². The standard InChI is InChI=1S/C13H19NO/c1-13(2,3)9-10-14-12(15)11-7-5-4-6-8-11/h4-8H,9-10H2,1-3H3,(H,14,15). The third kappa shape index (κ3) is 4.63. The molecule has 0 unspecified atom stereocenters. The molecule has 1 aromatic carbocycles. The maximum Gasteiger partial charge on any atom is 0.251 e. The molecule has 0 atom stereocenters. The third-order valence-corrected chi connectivity index (χ3v) is 2.20. The van der Waals surface area contributed by atoms with Crippen molar-refractivity contribution in [3.05, 3.63) is 35.9 Å². The molecule has 1 aromatic rings. The highest BCUT2D eigenvalue weighted by molar-refractivity contribution is 5.94. The molecule has 0 aromatic heterocycles. The van der Waals surface area contributed by atoms with Gasteiger partial charge in [-0.25, -0.2) is 0 Å². The van der Waals surface area contributed by atoms with Crippen molar-refractivity contribution in [3.8, 4) is 0 Å². The lowest BCUT2D eigenvalue weighted by molar-refractivity contribution is 0.0949. The molecule has 82 valence electrons. The zero-order chi connectivity index (χ0) is 11.3. The van der Waals surface area contributed by atoms with Crippen molar-refractivity contribution in [2.45, 2.75) is 27.2 Å². The van der Waals surface area contributed by atoms with Crippen LogP contribution in [0.15, 0.2) is 30.3 Å². The van der Waals surface area contributed by atoms with Crippen LogP contribution in [-0.4, -0.2) is 12.5 Å². The lowest BCUT2D eigenvalue weighted by Gasteiger charge is -2.17. The van der Waals surface area contributed by atoms with Crippen LogP contribution in [0.1, 0.15) is 37.6 Å². The third-order valence-electron chi connectivity index (χ3n) is 2.20. The minimum Gasteiger partial charge on any atom is -0.352 e. The van der Waals surface area contributed by atoms with Crippen LogP contribution in [0.4, 0.5) is 0 Å². The average molecular weight is 205 g/mol. The van der Waals surface area contributed by atoms with Crippen LogP contribution in [0, 0.1) is 5.41 Å². The molecule has 0 spiro atoms. The number of rotatable bonds is 3. The summed E-state index contributed by atoms with van der Waals surface area (Å²) in [6.07, 6.45) is 0.992. The first-order chi connectivity index (χ1) is 6.99. The predicted octanol–water partition coefficient (Wildman–Crippen LogP) is 2.85. The van der Waals surface area contributed by atoms with Gasteiger partial charge in [0.2, 0.25) is 0 Å². The van der Waals surface area contributed by atoms with Gasteiger partial charge in [-0.1, -0.05) is 39.0 Å². The lowest BCUT2D eigenvalue weighted by Crippen LogP contribution is -2.27. The Hall–Kier alpha value is -1.31. The molecule has 15 heavy (non-hydrogen) atoms. The molecule has 0 aliphatic carbocycles. The molecule has 2 heteroatoms. The zero-order valence-electron chi connectivity index (χ0n) is 9.71. The van der Waals surface area contributed by atoms with Crippen molar-refractivity contribution >= 4 is 5.91 Å². The van der Waals surface area contributed by atoms with Crippen LogP contribution in [0.3, 0.4) is 0 Å². The van der Waals surface area contributed by atoms with Crippen molar-refractivity contribution in [2.75, 3.05) is 6.54 Å².